The molecule has 0 saturated carbocycles. The van der Waals surface area contributed by atoms with Gasteiger partial charge in [-0.25, -0.2) is 4.67 Å². The van der Waals surface area contributed by atoms with Crippen molar-refractivity contribution in [1.29, 1.82) is 0 Å². The first-order chi connectivity index (χ1) is 10.8. The predicted molar refractivity (Wildman–Crippen MR) is 90.1 cm³/mol. The van der Waals surface area contributed by atoms with Gasteiger partial charge in [0.1, 0.15) is 0 Å². The van der Waals surface area contributed by atoms with E-state index in [1.54, 1.807) is 6.07 Å². The van der Waals surface area contributed by atoms with Gasteiger partial charge < -0.3 is 14.0 Å². The molecule has 0 fully saturated rings. The van der Waals surface area contributed by atoms with Crippen molar-refractivity contribution in [3.63, 3.8) is 0 Å². The van der Waals surface area contributed by atoms with Crippen molar-refractivity contribution in [3.05, 3.63) is 23.3 Å². The highest BCUT2D eigenvalue weighted by molar-refractivity contribution is 7.62. The smallest absolute Gasteiger partial charge is 0.231 e. The zero-order valence-corrected chi connectivity index (χ0v) is 15.1. The molecule has 3 rings (SSSR count). The Morgan fingerprint density at radius 1 is 1.09 bits per heavy atom. The second-order valence-corrected chi connectivity index (χ2v) is 10.8. The lowest BCUT2D eigenvalue weighted by atomic mass is 10.0. The van der Waals surface area contributed by atoms with Gasteiger partial charge >= 0.3 is 0 Å². The van der Waals surface area contributed by atoms with Gasteiger partial charge in [-0.2, -0.15) is 0 Å². The van der Waals surface area contributed by atoms with Crippen LogP contribution in [0.4, 0.5) is 0 Å². The molecule has 0 saturated heterocycles. The number of Topliss-reactive ketones (excluding diaryl/α,β-unsaturated/α-hetero) is 1. The Labute approximate surface area is 137 Å². The summed E-state index contributed by atoms with van der Waals surface area (Å²) in [6.07, 6.45) is 0.696. The normalized spacial score (nSPS) is 18.4. The zero-order valence-electron chi connectivity index (χ0n) is 14.2. The van der Waals surface area contributed by atoms with E-state index in [0.717, 1.165) is 5.56 Å². The predicted octanol–water partition coefficient (Wildman–Crippen LogP) is 3.55. The van der Waals surface area contributed by atoms with Crippen LogP contribution < -0.4 is 9.47 Å². The number of ketones is 1. The minimum atomic E-state index is -2.60. The van der Waals surface area contributed by atoms with Crippen molar-refractivity contribution >= 4 is 13.1 Å². The van der Waals surface area contributed by atoms with Crippen LogP contribution in [0.15, 0.2) is 12.1 Å². The molecule has 0 aliphatic carbocycles. The summed E-state index contributed by atoms with van der Waals surface area (Å²) in [6, 6.07) is 3.67. The summed E-state index contributed by atoms with van der Waals surface area (Å²) in [4.78, 5) is 12.7. The summed E-state index contributed by atoms with van der Waals surface area (Å²) >= 11 is 0. The molecule has 0 atom stereocenters. The SMILES string of the molecule is CC(C)P(=O)(C(C)C)N1CCc2cc3c(cc2C(=O)C1)OCO3. The monoisotopic (exact) mass is 337 g/mol. The van der Waals surface area contributed by atoms with Crippen LogP contribution in [0.25, 0.3) is 0 Å². The lowest BCUT2D eigenvalue weighted by Crippen LogP contribution is -2.33. The van der Waals surface area contributed by atoms with E-state index in [2.05, 4.69) is 0 Å². The molecule has 6 heteroatoms. The van der Waals surface area contributed by atoms with Crippen LogP contribution in [0.1, 0.15) is 43.6 Å². The van der Waals surface area contributed by atoms with Crippen LogP contribution in [0.5, 0.6) is 11.5 Å². The van der Waals surface area contributed by atoms with Crippen LogP contribution >= 0.6 is 7.29 Å². The molecule has 0 bridgehead atoms. The number of carbonyl (C=O) groups is 1. The van der Waals surface area contributed by atoms with Crippen LogP contribution in [0.3, 0.4) is 0 Å². The van der Waals surface area contributed by atoms with Gasteiger partial charge in [-0.15, -0.1) is 0 Å². The summed E-state index contributed by atoms with van der Waals surface area (Å²) in [5, 5.41) is 0. The Morgan fingerprint density at radius 2 is 1.70 bits per heavy atom. The van der Waals surface area contributed by atoms with E-state index in [1.807, 2.05) is 38.4 Å². The molecular weight excluding hydrogens is 313 g/mol. The molecule has 0 unspecified atom stereocenters. The standard InChI is InChI=1S/C17H24NO4P/c1-11(2)23(20,12(3)4)18-6-5-13-7-16-17(22-10-21-16)8-14(13)15(19)9-18/h7-8,11-12H,5-6,9-10H2,1-4H3. The first-order valence-corrected chi connectivity index (χ1v) is 9.94. The lowest BCUT2D eigenvalue weighted by Gasteiger charge is -2.36. The van der Waals surface area contributed by atoms with E-state index in [-0.39, 0.29) is 30.4 Å². The van der Waals surface area contributed by atoms with E-state index >= 15 is 0 Å². The number of rotatable bonds is 3. The fraction of sp³-hybridized carbons (Fsp3) is 0.588. The number of ether oxygens (including phenoxy) is 2. The van der Waals surface area contributed by atoms with Crippen molar-refractivity contribution in [3.8, 4) is 11.5 Å². The van der Waals surface area contributed by atoms with Crippen molar-refractivity contribution in [2.24, 2.45) is 0 Å². The Morgan fingerprint density at radius 3 is 2.30 bits per heavy atom. The van der Waals surface area contributed by atoms with Gasteiger partial charge in [0.15, 0.2) is 24.6 Å². The average molecular weight is 337 g/mol. The van der Waals surface area contributed by atoms with E-state index in [1.165, 1.54) is 0 Å². The van der Waals surface area contributed by atoms with E-state index in [0.29, 0.717) is 30.0 Å². The Balaban J connectivity index is 1.95. The molecule has 1 aromatic carbocycles. The molecule has 2 aliphatic heterocycles. The maximum absolute atomic E-state index is 13.5. The van der Waals surface area contributed by atoms with Crippen LogP contribution in [0, 0.1) is 0 Å². The Bertz CT molecular complexity index is 671. The molecule has 0 amide bonds. The quantitative estimate of drug-likeness (QED) is 0.790. The Hall–Kier alpha value is -1.32. The van der Waals surface area contributed by atoms with Crippen molar-refractivity contribution in [1.82, 2.24) is 4.67 Å². The molecule has 1 aromatic rings. The number of nitrogens with zero attached hydrogens (tertiary/aromatic N) is 1. The van der Waals surface area contributed by atoms with E-state index < -0.39 is 7.29 Å². The second-order valence-electron chi connectivity index (χ2n) is 6.78. The molecule has 0 spiro atoms. The van der Waals surface area contributed by atoms with Crippen molar-refractivity contribution in [2.75, 3.05) is 19.9 Å². The number of benzene rings is 1. The molecule has 23 heavy (non-hydrogen) atoms. The number of hydrogen-bond donors (Lipinski definition) is 0. The number of carbonyl (C=O) groups excluding carboxylic acids is 1. The first-order valence-electron chi connectivity index (χ1n) is 8.14. The zero-order chi connectivity index (χ0) is 16.8. The number of hydrogen-bond acceptors (Lipinski definition) is 4. The summed E-state index contributed by atoms with van der Waals surface area (Å²) in [5.74, 6) is 1.33. The highest BCUT2D eigenvalue weighted by atomic mass is 31.2. The Kier molecular flexibility index (Phi) is 4.28. The van der Waals surface area contributed by atoms with Gasteiger partial charge in [0, 0.05) is 23.4 Å². The maximum Gasteiger partial charge on any atom is 0.231 e. The summed E-state index contributed by atoms with van der Waals surface area (Å²) in [6.45, 7) is 8.98. The van der Waals surface area contributed by atoms with Crippen LogP contribution in [-0.2, 0) is 11.0 Å². The van der Waals surface area contributed by atoms with Gasteiger partial charge in [-0.3, -0.25) is 4.79 Å². The van der Waals surface area contributed by atoms with Gasteiger partial charge in [-0.1, -0.05) is 27.7 Å². The summed E-state index contributed by atoms with van der Waals surface area (Å²) in [7, 11) is -2.60. The van der Waals surface area contributed by atoms with Crippen LogP contribution in [-0.4, -0.2) is 41.7 Å². The maximum atomic E-state index is 13.5. The van der Waals surface area contributed by atoms with Gasteiger partial charge in [-0.05, 0) is 24.1 Å². The van der Waals surface area contributed by atoms with E-state index in [4.69, 9.17) is 9.47 Å². The number of fused-ring (bicyclic) bond motifs is 2. The fourth-order valence-electron chi connectivity index (χ4n) is 3.55. The molecule has 5 nitrogen and oxygen atoms in total. The molecule has 2 heterocycles. The molecule has 0 aromatic heterocycles. The molecular formula is C17H24NO4P. The highest BCUT2D eigenvalue weighted by Crippen LogP contribution is 2.58. The first kappa shape index (κ1) is 16.5. The van der Waals surface area contributed by atoms with Gasteiger partial charge in [0.25, 0.3) is 0 Å². The third-order valence-electron chi connectivity index (χ3n) is 4.79. The average Bonchev–Trinajstić information content (AvgIpc) is 2.89. The molecule has 2 aliphatic rings. The van der Waals surface area contributed by atoms with Crippen molar-refractivity contribution < 1.29 is 18.8 Å². The van der Waals surface area contributed by atoms with Gasteiger partial charge in [0.2, 0.25) is 6.79 Å². The van der Waals surface area contributed by atoms with Crippen LogP contribution in [0.2, 0.25) is 0 Å². The summed E-state index contributed by atoms with van der Waals surface area (Å²) < 4.78 is 26.3. The third kappa shape index (κ3) is 2.70. The fourth-order valence-corrected chi connectivity index (χ4v) is 6.81. The molecule has 0 N–H and O–H groups in total. The lowest BCUT2D eigenvalue weighted by molar-refractivity contribution is 0.0970. The highest BCUT2D eigenvalue weighted by Gasteiger charge is 2.39. The van der Waals surface area contributed by atoms with E-state index in [9.17, 15) is 9.36 Å². The largest absolute Gasteiger partial charge is 0.454 e. The topological polar surface area (TPSA) is 55.8 Å². The molecule has 126 valence electrons. The molecule has 0 radical (unpaired) electrons. The van der Waals surface area contributed by atoms with Gasteiger partial charge in [0.05, 0.1) is 6.54 Å². The minimum absolute atomic E-state index is 0.0114. The van der Waals surface area contributed by atoms with Crippen molar-refractivity contribution in [2.45, 2.75) is 45.4 Å². The second kappa shape index (κ2) is 5.95. The summed E-state index contributed by atoms with van der Waals surface area (Å²) in [5.41, 5.74) is 1.71. The minimum Gasteiger partial charge on any atom is -0.454 e. The third-order valence-corrected chi connectivity index (χ3v) is 8.97.